The minimum Gasteiger partial charge on any atom is -0.489 e. The van der Waals surface area contributed by atoms with Gasteiger partial charge in [0, 0.05) is 17.6 Å². The minimum absolute atomic E-state index is 0.0590. The largest absolute Gasteiger partial charge is 0.489 e. The van der Waals surface area contributed by atoms with Crippen LogP contribution in [0.3, 0.4) is 0 Å². The smallest absolute Gasteiger partial charge is 0.416 e. The lowest BCUT2D eigenvalue weighted by Gasteiger charge is -2.20. The molecule has 0 spiro atoms. The van der Waals surface area contributed by atoms with Crippen LogP contribution in [0.1, 0.15) is 41.9 Å². The minimum atomic E-state index is -4.47. The molecule has 2 heterocycles. The van der Waals surface area contributed by atoms with Crippen molar-refractivity contribution in [3.05, 3.63) is 52.8 Å². The van der Waals surface area contributed by atoms with Gasteiger partial charge in [-0.1, -0.05) is 0 Å². The summed E-state index contributed by atoms with van der Waals surface area (Å²) < 4.78 is 45.9. The van der Waals surface area contributed by atoms with Crippen LogP contribution in [0.5, 0.6) is 5.75 Å². The Labute approximate surface area is 184 Å². The van der Waals surface area contributed by atoms with Crippen LogP contribution >= 0.6 is 0 Å². The lowest BCUT2D eigenvalue weighted by atomic mass is 10.0. The fraction of sp³-hybridized carbons (Fsp3) is 0.391. The Balaban J connectivity index is 1.69. The molecule has 1 fully saturated rings. The Hall–Kier alpha value is -3.07. The molecular weight excluding hydrogens is 419 g/mol. The number of halogens is 3. The normalized spacial score (nSPS) is 17.5. The molecule has 0 bridgehead atoms. The summed E-state index contributed by atoms with van der Waals surface area (Å²) in [6.45, 7) is 7.23. The summed E-state index contributed by atoms with van der Waals surface area (Å²) in [4.78, 5) is 9.04. The summed E-state index contributed by atoms with van der Waals surface area (Å²) in [6, 6.07) is 6.95. The third kappa shape index (κ3) is 4.72. The van der Waals surface area contributed by atoms with Crippen LogP contribution < -0.4 is 21.1 Å². The Morgan fingerprint density at radius 1 is 1.16 bits per heavy atom. The van der Waals surface area contributed by atoms with Crippen molar-refractivity contribution < 1.29 is 17.9 Å². The van der Waals surface area contributed by atoms with E-state index in [0.717, 1.165) is 53.9 Å². The van der Waals surface area contributed by atoms with Gasteiger partial charge in [-0.15, -0.1) is 0 Å². The maximum Gasteiger partial charge on any atom is 0.416 e. The maximum atomic E-state index is 13.2. The van der Waals surface area contributed by atoms with E-state index in [4.69, 9.17) is 10.5 Å². The molecule has 3 aromatic rings. The van der Waals surface area contributed by atoms with E-state index in [2.05, 4.69) is 20.6 Å². The number of fused-ring (bicyclic) bond motifs is 1. The number of alkyl halides is 3. The van der Waals surface area contributed by atoms with Crippen molar-refractivity contribution in [2.45, 2.75) is 45.5 Å². The van der Waals surface area contributed by atoms with E-state index >= 15 is 0 Å². The standard InChI is InChI=1S/C23H26F3N5O/c1-12-6-20-19(10-21(12)32-18-4-5-28-11-18)22(31-14(3)30-20)29-13(2)15-7-16(23(24,25)26)9-17(27)8-15/h6-10,13,18,28H,4-5,11,27H2,1-3H3,(H,29,30,31)/t13-,18+/m1/s1. The highest BCUT2D eigenvalue weighted by Crippen LogP contribution is 2.35. The molecule has 0 amide bonds. The van der Waals surface area contributed by atoms with Crippen LogP contribution in [0, 0.1) is 13.8 Å². The second kappa shape index (κ2) is 8.46. The molecule has 4 rings (SSSR count). The molecule has 4 N–H and O–H groups in total. The predicted molar refractivity (Wildman–Crippen MR) is 119 cm³/mol. The summed E-state index contributed by atoms with van der Waals surface area (Å²) in [5, 5.41) is 7.27. The summed E-state index contributed by atoms with van der Waals surface area (Å²) in [5.41, 5.74) is 7.15. The second-order valence-electron chi connectivity index (χ2n) is 8.24. The zero-order chi connectivity index (χ0) is 23.0. The highest BCUT2D eigenvalue weighted by Gasteiger charge is 2.31. The van der Waals surface area contributed by atoms with Crippen molar-refractivity contribution in [3.63, 3.8) is 0 Å². The lowest BCUT2D eigenvalue weighted by Crippen LogP contribution is -2.20. The third-order valence-corrected chi connectivity index (χ3v) is 5.57. The zero-order valence-electron chi connectivity index (χ0n) is 18.2. The van der Waals surface area contributed by atoms with Gasteiger partial charge in [0.1, 0.15) is 23.5 Å². The SMILES string of the molecule is Cc1nc(N[C@H](C)c2cc(N)cc(C(F)(F)F)c2)c2cc(O[C@H]3CCNC3)c(C)cc2n1. The molecule has 1 aliphatic heterocycles. The van der Waals surface area contributed by atoms with Crippen LogP contribution in [0.25, 0.3) is 10.9 Å². The van der Waals surface area contributed by atoms with Crippen LogP contribution in [0.4, 0.5) is 24.7 Å². The number of rotatable bonds is 5. The van der Waals surface area contributed by atoms with Crippen LogP contribution in [0.2, 0.25) is 0 Å². The molecular formula is C23H26F3N5O. The number of nitrogens with one attached hydrogen (secondary N) is 2. The number of nitrogens with two attached hydrogens (primary N) is 1. The van der Waals surface area contributed by atoms with E-state index < -0.39 is 17.8 Å². The Bertz CT molecular complexity index is 1140. The molecule has 0 unspecified atom stereocenters. The Kier molecular flexibility index (Phi) is 5.85. The number of benzene rings is 2. The van der Waals surface area contributed by atoms with Gasteiger partial charge in [-0.25, -0.2) is 9.97 Å². The fourth-order valence-corrected chi connectivity index (χ4v) is 3.90. The second-order valence-corrected chi connectivity index (χ2v) is 8.24. The third-order valence-electron chi connectivity index (χ3n) is 5.57. The van der Waals surface area contributed by atoms with Crippen molar-refractivity contribution in [3.8, 4) is 5.75 Å². The van der Waals surface area contributed by atoms with E-state index in [9.17, 15) is 13.2 Å². The number of nitrogen functional groups attached to an aromatic ring is 1. The lowest BCUT2D eigenvalue weighted by molar-refractivity contribution is -0.137. The number of hydrogen-bond donors (Lipinski definition) is 3. The number of hydrogen-bond acceptors (Lipinski definition) is 6. The fourth-order valence-electron chi connectivity index (χ4n) is 3.90. The molecule has 0 aliphatic carbocycles. The highest BCUT2D eigenvalue weighted by atomic mass is 19.4. The maximum absolute atomic E-state index is 13.2. The van der Waals surface area contributed by atoms with Gasteiger partial charge in [0.2, 0.25) is 0 Å². The average Bonchev–Trinajstić information content (AvgIpc) is 3.21. The van der Waals surface area contributed by atoms with Gasteiger partial charge < -0.3 is 21.1 Å². The molecule has 6 nitrogen and oxygen atoms in total. The summed E-state index contributed by atoms with van der Waals surface area (Å²) >= 11 is 0. The molecule has 1 aliphatic rings. The average molecular weight is 445 g/mol. The monoisotopic (exact) mass is 445 g/mol. The number of aromatic nitrogens is 2. The van der Waals surface area contributed by atoms with Crippen molar-refractivity contribution >= 4 is 22.4 Å². The van der Waals surface area contributed by atoms with Crippen LogP contribution in [-0.2, 0) is 6.18 Å². The molecule has 0 saturated carbocycles. The van der Waals surface area contributed by atoms with Crippen molar-refractivity contribution in [1.29, 1.82) is 0 Å². The Morgan fingerprint density at radius 3 is 2.62 bits per heavy atom. The van der Waals surface area contributed by atoms with Gasteiger partial charge in [-0.05, 0) is 75.2 Å². The van der Waals surface area contributed by atoms with E-state index in [1.165, 1.54) is 6.07 Å². The number of ether oxygens (including phenoxy) is 1. The molecule has 0 radical (unpaired) electrons. The quantitative estimate of drug-likeness (QED) is 0.491. The number of nitrogens with zero attached hydrogens (tertiary/aromatic N) is 2. The van der Waals surface area contributed by atoms with E-state index in [1.807, 2.05) is 19.1 Å². The summed E-state index contributed by atoms with van der Waals surface area (Å²) in [7, 11) is 0. The summed E-state index contributed by atoms with van der Waals surface area (Å²) in [6.07, 6.45) is -3.44. The first-order valence-corrected chi connectivity index (χ1v) is 10.5. The topological polar surface area (TPSA) is 85.1 Å². The van der Waals surface area contributed by atoms with Crippen molar-refractivity contribution in [1.82, 2.24) is 15.3 Å². The van der Waals surface area contributed by atoms with Gasteiger partial charge in [0.05, 0.1) is 17.1 Å². The van der Waals surface area contributed by atoms with Gasteiger partial charge >= 0.3 is 6.18 Å². The van der Waals surface area contributed by atoms with Gasteiger partial charge in [-0.3, -0.25) is 0 Å². The Morgan fingerprint density at radius 2 is 1.94 bits per heavy atom. The van der Waals surface area contributed by atoms with Gasteiger partial charge in [0.15, 0.2) is 0 Å². The molecule has 9 heteroatoms. The van der Waals surface area contributed by atoms with Crippen LogP contribution in [-0.4, -0.2) is 29.2 Å². The highest BCUT2D eigenvalue weighted by molar-refractivity contribution is 5.91. The number of anilines is 2. The predicted octanol–water partition coefficient (Wildman–Crippen LogP) is 4.76. The molecule has 1 saturated heterocycles. The molecule has 1 aromatic heterocycles. The first-order valence-electron chi connectivity index (χ1n) is 10.5. The molecule has 32 heavy (non-hydrogen) atoms. The van der Waals surface area contributed by atoms with Crippen LogP contribution in [0.15, 0.2) is 30.3 Å². The van der Waals surface area contributed by atoms with Crippen molar-refractivity contribution in [2.24, 2.45) is 0 Å². The summed E-state index contributed by atoms with van der Waals surface area (Å²) in [5.74, 6) is 1.84. The van der Waals surface area contributed by atoms with E-state index in [-0.39, 0.29) is 11.8 Å². The number of aryl methyl sites for hydroxylation is 2. The van der Waals surface area contributed by atoms with E-state index in [1.54, 1.807) is 13.8 Å². The van der Waals surface area contributed by atoms with Crippen molar-refractivity contribution in [2.75, 3.05) is 24.1 Å². The zero-order valence-corrected chi connectivity index (χ0v) is 18.2. The van der Waals surface area contributed by atoms with E-state index in [0.29, 0.717) is 17.2 Å². The molecule has 2 atom stereocenters. The van der Waals surface area contributed by atoms with Gasteiger partial charge in [0.25, 0.3) is 0 Å². The van der Waals surface area contributed by atoms with Gasteiger partial charge in [-0.2, -0.15) is 13.2 Å². The molecule has 2 aromatic carbocycles. The molecule has 170 valence electrons. The first-order chi connectivity index (χ1) is 15.1. The first kappa shape index (κ1) is 22.1.